The lowest BCUT2D eigenvalue weighted by Crippen LogP contribution is -2.14. The van der Waals surface area contributed by atoms with E-state index in [2.05, 4.69) is 13.0 Å². The van der Waals surface area contributed by atoms with Crippen LogP contribution in [0.15, 0.2) is 48.0 Å². The number of allylic oxidation sites excluding steroid dienone is 1. The molecule has 0 atom stereocenters. The maximum Gasteiger partial charge on any atom is 0.189 e. The number of Topliss-reactive ketones (excluding diaryl/α,β-unsaturated/α-hetero) is 1. The largest absolute Gasteiger partial charge is 0.289 e. The first kappa shape index (κ1) is 13.1. The van der Waals surface area contributed by atoms with E-state index in [1.54, 1.807) is 0 Å². The van der Waals surface area contributed by atoms with Gasteiger partial charge in [-0.15, -0.1) is 0 Å². The van der Waals surface area contributed by atoms with E-state index in [4.69, 9.17) is 11.6 Å². The van der Waals surface area contributed by atoms with Crippen molar-refractivity contribution in [1.82, 2.24) is 0 Å². The predicted octanol–water partition coefficient (Wildman–Crippen LogP) is 4.86. The van der Waals surface area contributed by atoms with E-state index in [0.29, 0.717) is 5.02 Å². The van der Waals surface area contributed by atoms with Gasteiger partial charge in [0, 0.05) is 16.2 Å². The second kappa shape index (κ2) is 5.26. The summed E-state index contributed by atoms with van der Waals surface area (Å²) < 4.78 is 0. The van der Waals surface area contributed by atoms with Gasteiger partial charge < -0.3 is 0 Å². The van der Waals surface area contributed by atoms with Crippen LogP contribution < -0.4 is 0 Å². The summed E-state index contributed by atoms with van der Waals surface area (Å²) in [6.45, 7) is 2.06. The van der Waals surface area contributed by atoms with Gasteiger partial charge in [-0.25, -0.2) is 0 Å². The third-order valence-corrected chi connectivity index (χ3v) is 3.92. The first-order chi connectivity index (χ1) is 9.63. The minimum atomic E-state index is 0.154. The Morgan fingerprint density at radius 1 is 1.05 bits per heavy atom. The normalized spacial score (nSPS) is 16.3. The number of fused-ring (bicyclic) bond motifs is 1. The molecule has 0 aliphatic heterocycles. The van der Waals surface area contributed by atoms with Crippen LogP contribution in [0.4, 0.5) is 0 Å². The van der Waals surface area contributed by atoms with Crippen molar-refractivity contribution >= 4 is 23.5 Å². The lowest BCUT2D eigenvalue weighted by atomic mass is 9.85. The second-order valence-electron chi connectivity index (χ2n) is 5.21. The molecule has 3 rings (SSSR count). The Hall–Kier alpha value is -1.86. The van der Waals surface area contributed by atoms with Crippen molar-refractivity contribution in [2.75, 3.05) is 0 Å². The zero-order valence-electron chi connectivity index (χ0n) is 11.3. The number of benzene rings is 2. The Morgan fingerprint density at radius 3 is 2.55 bits per heavy atom. The van der Waals surface area contributed by atoms with Gasteiger partial charge in [0.25, 0.3) is 0 Å². The van der Waals surface area contributed by atoms with E-state index >= 15 is 0 Å². The van der Waals surface area contributed by atoms with Crippen molar-refractivity contribution in [2.24, 2.45) is 0 Å². The Bertz CT molecular complexity index is 696. The summed E-state index contributed by atoms with van der Waals surface area (Å²) in [4.78, 5) is 12.5. The maximum absolute atomic E-state index is 12.5. The van der Waals surface area contributed by atoms with Crippen LogP contribution in [0, 0.1) is 6.92 Å². The molecule has 2 aromatic carbocycles. The van der Waals surface area contributed by atoms with E-state index in [1.807, 2.05) is 42.5 Å². The van der Waals surface area contributed by atoms with Crippen LogP contribution in [0.2, 0.25) is 5.02 Å². The van der Waals surface area contributed by atoms with Crippen molar-refractivity contribution in [2.45, 2.75) is 19.8 Å². The first-order valence-electron chi connectivity index (χ1n) is 6.74. The minimum Gasteiger partial charge on any atom is -0.289 e. The molecule has 0 bridgehead atoms. The van der Waals surface area contributed by atoms with Gasteiger partial charge in [-0.1, -0.05) is 47.5 Å². The summed E-state index contributed by atoms with van der Waals surface area (Å²) in [6, 6.07) is 13.6. The number of rotatable bonds is 1. The first-order valence-corrected chi connectivity index (χ1v) is 7.11. The molecule has 0 N–H and O–H groups in total. The van der Waals surface area contributed by atoms with Crippen LogP contribution in [-0.4, -0.2) is 5.78 Å². The van der Waals surface area contributed by atoms with Crippen molar-refractivity contribution in [3.05, 3.63) is 75.3 Å². The third kappa shape index (κ3) is 2.54. The van der Waals surface area contributed by atoms with Gasteiger partial charge in [0.05, 0.1) is 0 Å². The quantitative estimate of drug-likeness (QED) is 0.683. The van der Waals surface area contributed by atoms with Crippen LogP contribution >= 0.6 is 11.6 Å². The Labute approximate surface area is 123 Å². The van der Waals surface area contributed by atoms with Crippen molar-refractivity contribution in [3.63, 3.8) is 0 Å². The standard InChI is InChI=1S/C18H15ClO/c1-12-2-9-17-14(10-12)5-6-15(18(17)20)11-13-3-7-16(19)8-4-13/h2-4,7-11H,5-6H2,1H3/b15-11+. The number of halogens is 1. The van der Waals surface area contributed by atoms with Crippen LogP contribution in [0.25, 0.3) is 6.08 Å². The van der Waals surface area contributed by atoms with Gasteiger partial charge in [-0.05, 0) is 49.1 Å². The third-order valence-electron chi connectivity index (χ3n) is 3.67. The topological polar surface area (TPSA) is 17.1 Å². The van der Waals surface area contributed by atoms with Gasteiger partial charge in [0.15, 0.2) is 5.78 Å². The minimum absolute atomic E-state index is 0.154. The highest BCUT2D eigenvalue weighted by Gasteiger charge is 2.21. The molecular formula is C18H15ClO. The lowest BCUT2D eigenvalue weighted by molar-refractivity contribution is 0.102. The Balaban J connectivity index is 1.95. The van der Waals surface area contributed by atoms with Crippen LogP contribution in [0.5, 0.6) is 0 Å². The van der Waals surface area contributed by atoms with E-state index in [9.17, 15) is 4.79 Å². The zero-order chi connectivity index (χ0) is 14.1. The second-order valence-corrected chi connectivity index (χ2v) is 5.65. The molecule has 1 aliphatic carbocycles. The average molecular weight is 283 g/mol. The van der Waals surface area contributed by atoms with Gasteiger partial charge in [0.1, 0.15) is 0 Å². The van der Waals surface area contributed by atoms with Gasteiger partial charge in [0.2, 0.25) is 0 Å². The fourth-order valence-electron chi connectivity index (χ4n) is 2.60. The lowest BCUT2D eigenvalue weighted by Gasteiger charge is -2.18. The number of carbonyl (C=O) groups excluding carboxylic acids is 1. The molecule has 2 aromatic rings. The Morgan fingerprint density at radius 2 is 1.80 bits per heavy atom. The molecule has 0 heterocycles. The summed E-state index contributed by atoms with van der Waals surface area (Å²) in [6.07, 6.45) is 3.71. The molecule has 0 saturated carbocycles. The SMILES string of the molecule is Cc1ccc2c(c1)CC/C(=C\c1ccc(Cl)cc1)C2=O. The van der Waals surface area contributed by atoms with Gasteiger partial charge in [-0.2, -0.15) is 0 Å². The predicted molar refractivity (Wildman–Crippen MR) is 83.3 cm³/mol. The van der Waals surface area contributed by atoms with Gasteiger partial charge >= 0.3 is 0 Å². The highest BCUT2D eigenvalue weighted by molar-refractivity contribution is 6.30. The molecule has 100 valence electrons. The number of carbonyl (C=O) groups is 1. The van der Waals surface area contributed by atoms with Crippen molar-refractivity contribution in [3.8, 4) is 0 Å². The molecule has 0 fully saturated rings. The molecule has 1 aliphatic rings. The smallest absolute Gasteiger partial charge is 0.189 e. The molecule has 1 nitrogen and oxygen atoms in total. The molecule has 20 heavy (non-hydrogen) atoms. The number of hydrogen-bond donors (Lipinski definition) is 0. The van der Waals surface area contributed by atoms with E-state index in [1.165, 1.54) is 11.1 Å². The average Bonchev–Trinajstić information content (AvgIpc) is 2.44. The summed E-state index contributed by atoms with van der Waals surface area (Å²) >= 11 is 5.88. The van der Waals surface area contributed by atoms with Crippen molar-refractivity contribution in [1.29, 1.82) is 0 Å². The molecule has 0 saturated heterocycles. The number of hydrogen-bond acceptors (Lipinski definition) is 1. The van der Waals surface area contributed by atoms with E-state index in [-0.39, 0.29) is 5.78 Å². The summed E-state index contributed by atoms with van der Waals surface area (Å²) in [5.41, 5.74) is 5.13. The van der Waals surface area contributed by atoms with Crippen LogP contribution in [-0.2, 0) is 6.42 Å². The molecule has 0 aromatic heterocycles. The molecule has 0 unspecified atom stereocenters. The van der Waals surface area contributed by atoms with Crippen LogP contribution in [0.1, 0.15) is 33.5 Å². The number of ketones is 1. The summed E-state index contributed by atoms with van der Waals surface area (Å²) in [5.74, 6) is 0.154. The fraction of sp³-hybridized carbons (Fsp3) is 0.167. The molecule has 0 radical (unpaired) electrons. The summed E-state index contributed by atoms with van der Waals surface area (Å²) in [7, 11) is 0. The van der Waals surface area contributed by atoms with Crippen molar-refractivity contribution < 1.29 is 4.79 Å². The summed E-state index contributed by atoms with van der Waals surface area (Å²) in [5, 5.41) is 0.711. The van der Waals surface area contributed by atoms with E-state index in [0.717, 1.165) is 29.5 Å². The van der Waals surface area contributed by atoms with Gasteiger partial charge in [-0.3, -0.25) is 4.79 Å². The monoisotopic (exact) mass is 282 g/mol. The maximum atomic E-state index is 12.5. The Kier molecular flexibility index (Phi) is 3.45. The van der Waals surface area contributed by atoms with Crippen LogP contribution in [0.3, 0.4) is 0 Å². The molecule has 0 spiro atoms. The zero-order valence-corrected chi connectivity index (χ0v) is 12.1. The highest BCUT2D eigenvalue weighted by atomic mass is 35.5. The molecule has 0 amide bonds. The molecular weight excluding hydrogens is 268 g/mol. The number of aryl methyl sites for hydroxylation is 2. The molecule has 2 heteroatoms. The van der Waals surface area contributed by atoms with E-state index < -0.39 is 0 Å². The fourth-order valence-corrected chi connectivity index (χ4v) is 2.73. The highest BCUT2D eigenvalue weighted by Crippen LogP contribution is 2.27.